The molecular weight excluding hydrogens is 254 g/mol. The molecule has 0 spiro atoms. The predicted octanol–water partition coefficient (Wildman–Crippen LogP) is 2.12. The van der Waals surface area contributed by atoms with E-state index in [2.05, 4.69) is 10.2 Å². The molecule has 0 aliphatic rings. The average molecular weight is 262 g/mol. The van der Waals surface area contributed by atoms with Gasteiger partial charge in [0.15, 0.2) is 5.16 Å². The zero-order valence-electron chi connectivity index (χ0n) is 7.86. The molecule has 0 aliphatic heterocycles. The van der Waals surface area contributed by atoms with Gasteiger partial charge in [0.05, 0.1) is 4.34 Å². The number of H-pyrrole nitrogens is 1. The standard InChI is InChI=1S/C8H8ClN3OS2/c1-12-7(13)10-11-8(12)14-4-5-2-3-6(9)15-5/h2-3H,4H2,1H3,(H,10,13). The fourth-order valence-corrected chi connectivity index (χ4v) is 3.08. The van der Waals surface area contributed by atoms with Gasteiger partial charge in [-0.1, -0.05) is 23.4 Å². The van der Waals surface area contributed by atoms with Gasteiger partial charge < -0.3 is 0 Å². The predicted molar refractivity (Wildman–Crippen MR) is 62.7 cm³/mol. The Hall–Kier alpha value is -0.720. The number of hydrogen-bond donors (Lipinski definition) is 1. The van der Waals surface area contributed by atoms with Gasteiger partial charge in [0.1, 0.15) is 0 Å². The van der Waals surface area contributed by atoms with Crippen molar-refractivity contribution < 1.29 is 0 Å². The van der Waals surface area contributed by atoms with E-state index in [1.54, 1.807) is 7.05 Å². The summed E-state index contributed by atoms with van der Waals surface area (Å²) in [5.74, 6) is 0.773. The highest BCUT2D eigenvalue weighted by Crippen LogP contribution is 2.27. The van der Waals surface area contributed by atoms with Gasteiger partial charge in [-0.25, -0.2) is 9.89 Å². The van der Waals surface area contributed by atoms with Crippen LogP contribution in [0.25, 0.3) is 0 Å². The van der Waals surface area contributed by atoms with Crippen LogP contribution in [0.3, 0.4) is 0 Å². The third kappa shape index (κ3) is 2.45. The highest BCUT2D eigenvalue weighted by molar-refractivity contribution is 7.98. The molecule has 4 nitrogen and oxygen atoms in total. The fraction of sp³-hybridized carbons (Fsp3) is 0.250. The van der Waals surface area contributed by atoms with Crippen molar-refractivity contribution in [3.05, 3.63) is 31.8 Å². The second kappa shape index (κ2) is 4.42. The molecule has 7 heteroatoms. The van der Waals surface area contributed by atoms with Gasteiger partial charge in [-0.05, 0) is 12.1 Å². The third-order valence-corrected chi connectivity index (χ3v) is 4.30. The van der Waals surface area contributed by atoms with E-state index in [1.165, 1.54) is 32.5 Å². The number of rotatable bonds is 3. The highest BCUT2D eigenvalue weighted by atomic mass is 35.5. The number of aromatic nitrogens is 3. The maximum Gasteiger partial charge on any atom is 0.343 e. The Morgan fingerprint density at radius 1 is 1.67 bits per heavy atom. The smallest absolute Gasteiger partial charge is 0.273 e. The molecule has 1 N–H and O–H groups in total. The van der Waals surface area contributed by atoms with Crippen LogP contribution in [-0.2, 0) is 12.8 Å². The molecule has 2 aromatic heterocycles. The summed E-state index contributed by atoms with van der Waals surface area (Å²) < 4.78 is 2.27. The lowest BCUT2D eigenvalue weighted by atomic mass is 10.5. The zero-order chi connectivity index (χ0) is 10.8. The van der Waals surface area contributed by atoms with Crippen LogP contribution in [0, 0.1) is 0 Å². The first-order chi connectivity index (χ1) is 7.16. The largest absolute Gasteiger partial charge is 0.343 e. The summed E-state index contributed by atoms with van der Waals surface area (Å²) in [6.45, 7) is 0. The monoisotopic (exact) mass is 261 g/mol. The van der Waals surface area contributed by atoms with Crippen LogP contribution in [0.1, 0.15) is 4.88 Å². The minimum absolute atomic E-state index is 0.193. The maximum absolute atomic E-state index is 11.1. The number of aromatic amines is 1. The number of hydrogen-bond acceptors (Lipinski definition) is 4. The van der Waals surface area contributed by atoms with Crippen molar-refractivity contribution in [2.45, 2.75) is 10.9 Å². The van der Waals surface area contributed by atoms with Gasteiger partial charge in [-0.3, -0.25) is 4.57 Å². The molecule has 0 aliphatic carbocycles. The van der Waals surface area contributed by atoms with E-state index in [4.69, 9.17) is 11.6 Å². The summed E-state index contributed by atoms with van der Waals surface area (Å²) in [5.41, 5.74) is -0.193. The Morgan fingerprint density at radius 3 is 3.00 bits per heavy atom. The van der Waals surface area contributed by atoms with E-state index in [9.17, 15) is 4.79 Å². The van der Waals surface area contributed by atoms with Crippen molar-refractivity contribution in [1.82, 2.24) is 14.8 Å². The number of nitrogens with zero attached hydrogens (tertiary/aromatic N) is 2. The van der Waals surface area contributed by atoms with Gasteiger partial charge in [0, 0.05) is 17.7 Å². The number of halogens is 1. The van der Waals surface area contributed by atoms with Crippen LogP contribution in [0.15, 0.2) is 22.1 Å². The molecular formula is C8H8ClN3OS2. The van der Waals surface area contributed by atoms with Gasteiger partial charge in [-0.2, -0.15) is 0 Å². The van der Waals surface area contributed by atoms with Crippen molar-refractivity contribution in [3.8, 4) is 0 Å². The van der Waals surface area contributed by atoms with E-state index in [-0.39, 0.29) is 5.69 Å². The van der Waals surface area contributed by atoms with Crippen LogP contribution in [0.2, 0.25) is 4.34 Å². The van der Waals surface area contributed by atoms with Gasteiger partial charge in [0.2, 0.25) is 0 Å². The summed E-state index contributed by atoms with van der Waals surface area (Å²) in [6, 6.07) is 3.84. The topological polar surface area (TPSA) is 50.7 Å². The molecule has 0 atom stereocenters. The van der Waals surface area contributed by atoms with Gasteiger partial charge in [0.25, 0.3) is 0 Å². The molecule has 0 amide bonds. The lowest BCUT2D eigenvalue weighted by molar-refractivity contribution is 0.766. The van der Waals surface area contributed by atoms with Crippen LogP contribution >= 0.6 is 34.7 Å². The SMILES string of the molecule is Cn1c(SCc2ccc(Cl)s2)n[nH]c1=O. The molecule has 0 bridgehead atoms. The molecule has 0 fully saturated rings. The zero-order valence-corrected chi connectivity index (χ0v) is 10.2. The summed E-state index contributed by atoms with van der Waals surface area (Å²) in [4.78, 5) is 12.2. The normalized spacial score (nSPS) is 10.8. The molecule has 0 aromatic carbocycles. The van der Waals surface area contributed by atoms with Crippen molar-refractivity contribution >= 4 is 34.7 Å². The Balaban J connectivity index is 2.05. The van der Waals surface area contributed by atoms with Crippen LogP contribution in [0.4, 0.5) is 0 Å². The average Bonchev–Trinajstić information content (AvgIpc) is 2.74. The van der Waals surface area contributed by atoms with E-state index in [1.807, 2.05) is 12.1 Å². The fourth-order valence-electron chi connectivity index (χ4n) is 1.03. The summed E-state index contributed by atoms with van der Waals surface area (Å²) >= 11 is 8.86. The van der Waals surface area contributed by atoms with Crippen LogP contribution < -0.4 is 5.69 Å². The molecule has 0 saturated carbocycles. The summed E-state index contributed by atoms with van der Waals surface area (Å²) in [7, 11) is 1.69. The van der Waals surface area contributed by atoms with Crippen LogP contribution in [-0.4, -0.2) is 14.8 Å². The lowest BCUT2D eigenvalue weighted by Crippen LogP contribution is -2.12. The Kier molecular flexibility index (Phi) is 3.18. The van der Waals surface area contributed by atoms with Gasteiger partial charge in [-0.15, -0.1) is 16.4 Å². The molecule has 15 heavy (non-hydrogen) atoms. The van der Waals surface area contributed by atoms with E-state index >= 15 is 0 Å². The molecule has 2 heterocycles. The van der Waals surface area contributed by atoms with E-state index < -0.39 is 0 Å². The molecule has 80 valence electrons. The maximum atomic E-state index is 11.1. The quantitative estimate of drug-likeness (QED) is 0.861. The molecule has 2 aromatic rings. The van der Waals surface area contributed by atoms with Crippen molar-refractivity contribution in [1.29, 1.82) is 0 Å². The third-order valence-electron chi connectivity index (χ3n) is 1.81. The first-order valence-corrected chi connectivity index (χ1v) is 6.33. The first kappa shape index (κ1) is 10.8. The lowest BCUT2D eigenvalue weighted by Gasteiger charge is -1.96. The van der Waals surface area contributed by atoms with Crippen molar-refractivity contribution in [3.63, 3.8) is 0 Å². The van der Waals surface area contributed by atoms with Crippen LogP contribution in [0.5, 0.6) is 0 Å². The summed E-state index contributed by atoms with van der Waals surface area (Å²) in [6.07, 6.45) is 0. The van der Waals surface area contributed by atoms with Crippen molar-refractivity contribution in [2.75, 3.05) is 0 Å². The highest BCUT2D eigenvalue weighted by Gasteiger charge is 2.05. The number of thioether (sulfide) groups is 1. The number of nitrogens with one attached hydrogen (secondary N) is 1. The Morgan fingerprint density at radius 2 is 2.47 bits per heavy atom. The van der Waals surface area contributed by atoms with Crippen molar-refractivity contribution in [2.24, 2.45) is 7.05 Å². The molecule has 2 rings (SSSR count). The Bertz CT molecular complexity index is 516. The second-order valence-electron chi connectivity index (χ2n) is 2.86. The molecule has 0 saturated heterocycles. The molecule has 0 unspecified atom stereocenters. The summed E-state index contributed by atoms with van der Waals surface area (Å²) in [5, 5.41) is 6.97. The first-order valence-electron chi connectivity index (χ1n) is 4.15. The minimum atomic E-state index is -0.193. The van der Waals surface area contributed by atoms with E-state index in [0.717, 1.165) is 10.1 Å². The van der Waals surface area contributed by atoms with Gasteiger partial charge >= 0.3 is 5.69 Å². The Labute approximate surface area is 99.3 Å². The minimum Gasteiger partial charge on any atom is -0.273 e. The second-order valence-corrected chi connectivity index (χ2v) is 5.61. The molecule has 0 radical (unpaired) electrons. The number of thiophene rings is 1. The van der Waals surface area contributed by atoms with E-state index in [0.29, 0.717) is 5.16 Å².